The fourth-order valence-electron chi connectivity index (χ4n) is 3.95. The number of hydrogen-bond donors (Lipinski definition) is 1. The van der Waals surface area contributed by atoms with E-state index in [4.69, 9.17) is 0 Å². The van der Waals surface area contributed by atoms with E-state index in [1.165, 1.54) is 22.8 Å². The topological polar surface area (TPSA) is 62.5 Å². The molecule has 1 aliphatic rings. The SMILES string of the molecule is CCCN1CCC[C@H]1Cn1c(C)c(C(=O)O)c2cccc(F)c2c1=O. The number of pyridine rings is 1. The highest BCUT2D eigenvalue weighted by Gasteiger charge is 2.27. The second-order valence-corrected chi connectivity index (χ2v) is 6.68. The van der Waals surface area contributed by atoms with Gasteiger partial charge >= 0.3 is 5.97 Å². The summed E-state index contributed by atoms with van der Waals surface area (Å²) in [5.74, 6) is -1.81. The molecule has 0 bridgehead atoms. The zero-order chi connectivity index (χ0) is 18.1. The molecule has 25 heavy (non-hydrogen) atoms. The van der Waals surface area contributed by atoms with Gasteiger partial charge in [-0.15, -0.1) is 0 Å². The Balaban J connectivity index is 2.17. The lowest BCUT2D eigenvalue weighted by atomic mass is 10.0. The predicted octanol–water partition coefficient (Wildman–Crippen LogP) is 3.02. The molecule has 6 heteroatoms. The number of fused-ring (bicyclic) bond motifs is 1. The van der Waals surface area contributed by atoms with Crippen molar-refractivity contribution in [3.63, 3.8) is 0 Å². The van der Waals surface area contributed by atoms with E-state index in [0.717, 1.165) is 32.4 Å². The molecule has 1 atom stereocenters. The average Bonchev–Trinajstić information content (AvgIpc) is 2.98. The van der Waals surface area contributed by atoms with Gasteiger partial charge in [-0.25, -0.2) is 9.18 Å². The number of carbonyl (C=O) groups is 1. The molecule has 0 aliphatic carbocycles. The fraction of sp³-hybridized carbons (Fsp3) is 0.474. The summed E-state index contributed by atoms with van der Waals surface area (Å²) in [6.45, 7) is 6.08. The molecule has 0 spiro atoms. The maximum Gasteiger partial charge on any atom is 0.338 e. The highest BCUT2D eigenvalue weighted by molar-refractivity contribution is 6.04. The number of likely N-dealkylation sites (tertiary alicyclic amines) is 1. The van der Waals surface area contributed by atoms with Crippen LogP contribution in [0.5, 0.6) is 0 Å². The zero-order valence-corrected chi connectivity index (χ0v) is 14.6. The van der Waals surface area contributed by atoms with Gasteiger partial charge in [-0.05, 0) is 45.3 Å². The van der Waals surface area contributed by atoms with Crippen LogP contribution in [-0.4, -0.2) is 39.7 Å². The minimum absolute atomic E-state index is 0.00846. The highest BCUT2D eigenvalue weighted by atomic mass is 19.1. The van der Waals surface area contributed by atoms with Crippen molar-refractivity contribution in [1.82, 2.24) is 9.47 Å². The van der Waals surface area contributed by atoms with Crippen molar-refractivity contribution in [3.8, 4) is 0 Å². The molecular formula is C19H23FN2O3. The summed E-state index contributed by atoms with van der Waals surface area (Å²) in [5, 5.41) is 9.65. The van der Waals surface area contributed by atoms with Gasteiger partial charge in [-0.3, -0.25) is 9.69 Å². The molecule has 134 valence electrons. The van der Waals surface area contributed by atoms with Crippen LogP contribution >= 0.6 is 0 Å². The number of halogens is 1. The van der Waals surface area contributed by atoms with Crippen molar-refractivity contribution in [3.05, 3.63) is 45.6 Å². The van der Waals surface area contributed by atoms with Crippen molar-refractivity contribution in [2.75, 3.05) is 13.1 Å². The van der Waals surface area contributed by atoms with E-state index < -0.39 is 17.3 Å². The maximum atomic E-state index is 14.3. The first-order chi connectivity index (χ1) is 12.0. The van der Waals surface area contributed by atoms with E-state index in [1.54, 1.807) is 6.92 Å². The van der Waals surface area contributed by atoms with Gasteiger partial charge in [-0.2, -0.15) is 0 Å². The molecule has 1 aromatic carbocycles. The van der Waals surface area contributed by atoms with Gasteiger partial charge in [0.1, 0.15) is 5.82 Å². The number of benzene rings is 1. The first-order valence-corrected chi connectivity index (χ1v) is 8.74. The summed E-state index contributed by atoms with van der Waals surface area (Å²) in [6, 6.07) is 4.32. The maximum absolute atomic E-state index is 14.3. The quantitative estimate of drug-likeness (QED) is 0.904. The Labute approximate surface area is 145 Å². The van der Waals surface area contributed by atoms with E-state index in [1.807, 2.05) is 0 Å². The predicted molar refractivity (Wildman–Crippen MR) is 94.7 cm³/mol. The first kappa shape index (κ1) is 17.6. The Bertz CT molecular complexity index is 875. The van der Waals surface area contributed by atoms with E-state index in [-0.39, 0.29) is 22.4 Å². The molecule has 2 heterocycles. The summed E-state index contributed by atoms with van der Waals surface area (Å²) in [7, 11) is 0. The van der Waals surface area contributed by atoms with E-state index in [2.05, 4.69) is 11.8 Å². The molecule has 2 aromatic rings. The Morgan fingerprint density at radius 2 is 2.16 bits per heavy atom. The molecule has 0 saturated carbocycles. The number of aromatic carboxylic acids is 1. The third-order valence-electron chi connectivity index (χ3n) is 5.13. The third kappa shape index (κ3) is 3.06. The molecule has 0 amide bonds. The van der Waals surface area contributed by atoms with Gasteiger partial charge in [0.2, 0.25) is 0 Å². The molecule has 1 aromatic heterocycles. The fourth-order valence-corrected chi connectivity index (χ4v) is 3.95. The lowest BCUT2D eigenvalue weighted by Crippen LogP contribution is -2.38. The van der Waals surface area contributed by atoms with Gasteiger partial charge in [0.25, 0.3) is 5.56 Å². The molecule has 1 aliphatic heterocycles. The van der Waals surface area contributed by atoms with E-state index in [9.17, 15) is 19.1 Å². The Kier molecular flexibility index (Phi) is 4.90. The molecule has 0 radical (unpaired) electrons. The largest absolute Gasteiger partial charge is 0.478 e. The molecule has 1 saturated heterocycles. The zero-order valence-electron chi connectivity index (χ0n) is 14.6. The molecule has 3 rings (SSSR count). The van der Waals surface area contributed by atoms with Gasteiger partial charge in [0.15, 0.2) is 0 Å². The number of rotatable bonds is 5. The molecular weight excluding hydrogens is 323 g/mol. The first-order valence-electron chi connectivity index (χ1n) is 8.74. The number of aromatic nitrogens is 1. The van der Waals surface area contributed by atoms with Gasteiger partial charge < -0.3 is 9.67 Å². The van der Waals surface area contributed by atoms with Gasteiger partial charge in [0.05, 0.1) is 10.9 Å². The number of nitrogens with zero attached hydrogens (tertiary/aromatic N) is 2. The Morgan fingerprint density at radius 3 is 2.84 bits per heavy atom. The second kappa shape index (κ2) is 6.96. The van der Waals surface area contributed by atoms with Crippen LogP contribution in [0.25, 0.3) is 10.8 Å². The minimum Gasteiger partial charge on any atom is -0.478 e. The lowest BCUT2D eigenvalue weighted by molar-refractivity contribution is 0.0697. The number of carboxylic acid groups (broad SMARTS) is 1. The monoisotopic (exact) mass is 346 g/mol. The van der Waals surface area contributed by atoms with Crippen LogP contribution in [0, 0.1) is 12.7 Å². The van der Waals surface area contributed by atoms with Crippen LogP contribution in [0.1, 0.15) is 42.2 Å². The molecule has 0 unspecified atom stereocenters. The number of carboxylic acids is 1. The third-order valence-corrected chi connectivity index (χ3v) is 5.13. The van der Waals surface area contributed by atoms with Crippen LogP contribution in [0.3, 0.4) is 0 Å². The summed E-state index contributed by atoms with van der Waals surface area (Å²) in [6.07, 6.45) is 3.05. The van der Waals surface area contributed by atoms with Crippen LogP contribution < -0.4 is 5.56 Å². The summed E-state index contributed by atoms with van der Waals surface area (Å²) in [4.78, 5) is 27.0. The van der Waals surface area contributed by atoms with Gasteiger partial charge in [-0.1, -0.05) is 19.1 Å². The van der Waals surface area contributed by atoms with Crippen molar-refractivity contribution in [2.45, 2.75) is 45.7 Å². The van der Waals surface area contributed by atoms with Crippen LogP contribution in [0.2, 0.25) is 0 Å². The molecule has 1 fully saturated rings. The van der Waals surface area contributed by atoms with E-state index >= 15 is 0 Å². The van der Waals surface area contributed by atoms with Crippen molar-refractivity contribution in [1.29, 1.82) is 0 Å². The normalized spacial score (nSPS) is 18.1. The highest BCUT2D eigenvalue weighted by Crippen LogP contribution is 2.24. The molecule has 1 N–H and O–H groups in total. The van der Waals surface area contributed by atoms with Gasteiger partial charge in [0, 0.05) is 23.7 Å². The average molecular weight is 346 g/mol. The van der Waals surface area contributed by atoms with Crippen molar-refractivity contribution >= 4 is 16.7 Å². The van der Waals surface area contributed by atoms with E-state index in [0.29, 0.717) is 12.2 Å². The van der Waals surface area contributed by atoms with Crippen molar-refractivity contribution < 1.29 is 14.3 Å². The summed E-state index contributed by atoms with van der Waals surface area (Å²) < 4.78 is 15.7. The Morgan fingerprint density at radius 1 is 1.40 bits per heavy atom. The Hall–Kier alpha value is -2.21. The standard InChI is InChI=1S/C19H23FN2O3/c1-3-9-21-10-5-6-13(21)11-22-12(2)16(19(24)25)14-7-4-8-15(20)17(14)18(22)23/h4,7-8,13H,3,5-6,9-11H2,1-2H3,(H,24,25)/t13-/m0/s1. The van der Waals surface area contributed by atoms with Crippen LogP contribution in [-0.2, 0) is 6.54 Å². The smallest absolute Gasteiger partial charge is 0.338 e. The number of hydrogen-bond acceptors (Lipinski definition) is 3. The van der Waals surface area contributed by atoms with Crippen molar-refractivity contribution in [2.24, 2.45) is 0 Å². The lowest BCUT2D eigenvalue weighted by Gasteiger charge is -2.26. The molecule has 5 nitrogen and oxygen atoms in total. The summed E-state index contributed by atoms with van der Waals surface area (Å²) >= 11 is 0. The van der Waals surface area contributed by atoms with Crippen LogP contribution in [0.15, 0.2) is 23.0 Å². The second-order valence-electron chi connectivity index (χ2n) is 6.68. The summed E-state index contributed by atoms with van der Waals surface area (Å²) in [5.41, 5.74) is -0.0490. The minimum atomic E-state index is -1.14. The van der Waals surface area contributed by atoms with Crippen LogP contribution in [0.4, 0.5) is 4.39 Å².